The number of carbonyl (C=O) groups is 2. The van der Waals surface area contributed by atoms with Crippen molar-refractivity contribution in [2.24, 2.45) is 0 Å². The molecular formula is C16H14F2O6. The number of benzene rings is 2. The zero-order valence-electron chi connectivity index (χ0n) is 12.7. The maximum atomic E-state index is 13.1. The summed E-state index contributed by atoms with van der Waals surface area (Å²) in [5.41, 5.74) is -0.861. The van der Waals surface area contributed by atoms with Crippen LogP contribution in [0.1, 0.15) is 20.7 Å². The molecule has 2 rings (SSSR count). The van der Waals surface area contributed by atoms with Crippen molar-refractivity contribution in [3.8, 4) is 11.5 Å². The van der Waals surface area contributed by atoms with E-state index in [1.807, 2.05) is 0 Å². The van der Waals surface area contributed by atoms with Gasteiger partial charge in [-0.25, -0.2) is 18.4 Å². The average Bonchev–Trinajstić information content (AvgIpc) is 2.54. The van der Waals surface area contributed by atoms with E-state index in [9.17, 15) is 18.4 Å². The van der Waals surface area contributed by atoms with Crippen LogP contribution in [0.4, 0.5) is 8.78 Å². The van der Waals surface area contributed by atoms with Crippen molar-refractivity contribution in [2.45, 2.75) is 0 Å². The van der Waals surface area contributed by atoms with Crippen molar-refractivity contribution in [3.05, 3.63) is 59.2 Å². The molecule has 2 aromatic carbocycles. The summed E-state index contributed by atoms with van der Waals surface area (Å²) in [6, 6.07) is 7.46. The van der Waals surface area contributed by atoms with E-state index >= 15 is 0 Å². The number of aromatic hydroxyl groups is 1. The van der Waals surface area contributed by atoms with Gasteiger partial charge in [-0.1, -0.05) is 12.1 Å². The number of esters is 1. The molecule has 0 aromatic heterocycles. The SMILES string of the molecule is COC(=O)c1c(F)cccc1OC.O=C(O)c1c(O)cccc1F. The topological polar surface area (TPSA) is 93.1 Å². The molecule has 6 nitrogen and oxygen atoms in total. The number of methoxy groups -OCH3 is 2. The number of carbonyl (C=O) groups excluding carboxylic acids is 1. The molecule has 0 atom stereocenters. The van der Waals surface area contributed by atoms with Crippen LogP contribution in [0, 0.1) is 11.6 Å². The molecule has 0 amide bonds. The molecule has 128 valence electrons. The lowest BCUT2D eigenvalue weighted by molar-refractivity contribution is 0.0590. The largest absolute Gasteiger partial charge is 0.507 e. The molecule has 0 unspecified atom stereocenters. The quantitative estimate of drug-likeness (QED) is 0.835. The maximum absolute atomic E-state index is 13.1. The summed E-state index contributed by atoms with van der Waals surface area (Å²) < 4.78 is 34.9. The number of halogens is 2. The Balaban J connectivity index is 0.000000243. The lowest BCUT2D eigenvalue weighted by Gasteiger charge is -2.06. The minimum atomic E-state index is -1.47. The minimum absolute atomic E-state index is 0.173. The van der Waals surface area contributed by atoms with Crippen molar-refractivity contribution >= 4 is 11.9 Å². The summed E-state index contributed by atoms with van der Waals surface area (Å²) in [7, 11) is 2.55. The summed E-state index contributed by atoms with van der Waals surface area (Å²) in [5.74, 6) is -4.18. The van der Waals surface area contributed by atoms with E-state index in [1.54, 1.807) is 0 Å². The summed E-state index contributed by atoms with van der Waals surface area (Å²) in [5, 5.41) is 17.2. The fraction of sp³-hybridized carbons (Fsp3) is 0.125. The number of hydrogen-bond donors (Lipinski definition) is 2. The minimum Gasteiger partial charge on any atom is -0.507 e. The molecule has 0 spiro atoms. The van der Waals surface area contributed by atoms with Gasteiger partial charge in [0.15, 0.2) is 0 Å². The Morgan fingerprint density at radius 2 is 1.50 bits per heavy atom. The number of ether oxygens (including phenoxy) is 2. The van der Waals surface area contributed by atoms with Crippen LogP contribution in [0.25, 0.3) is 0 Å². The number of hydrogen-bond acceptors (Lipinski definition) is 5. The van der Waals surface area contributed by atoms with Gasteiger partial charge in [-0.2, -0.15) is 0 Å². The highest BCUT2D eigenvalue weighted by Gasteiger charge is 2.17. The Kier molecular flexibility index (Phi) is 6.66. The van der Waals surface area contributed by atoms with Gasteiger partial charge in [0.25, 0.3) is 0 Å². The Labute approximate surface area is 135 Å². The van der Waals surface area contributed by atoms with Crippen molar-refractivity contribution in [1.29, 1.82) is 0 Å². The van der Waals surface area contributed by atoms with E-state index in [2.05, 4.69) is 4.74 Å². The molecule has 2 aromatic rings. The highest BCUT2D eigenvalue weighted by molar-refractivity contribution is 5.92. The zero-order chi connectivity index (χ0) is 18.3. The van der Waals surface area contributed by atoms with E-state index in [0.717, 1.165) is 12.1 Å². The third kappa shape index (κ3) is 4.42. The average molecular weight is 340 g/mol. The molecular weight excluding hydrogens is 326 g/mol. The van der Waals surface area contributed by atoms with Crippen molar-refractivity contribution < 1.29 is 38.1 Å². The fourth-order valence-electron chi connectivity index (χ4n) is 1.70. The highest BCUT2D eigenvalue weighted by Crippen LogP contribution is 2.21. The van der Waals surface area contributed by atoms with Gasteiger partial charge in [0.05, 0.1) is 14.2 Å². The molecule has 24 heavy (non-hydrogen) atoms. The van der Waals surface area contributed by atoms with Crippen molar-refractivity contribution in [1.82, 2.24) is 0 Å². The number of rotatable bonds is 3. The Morgan fingerprint density at radius 3 is 1.92 bits per heavy atom. The van der Waals surface area contributed by atoms with Crippen LogP contribution < -0.4 is 4.74 Å². The van der Waals surface area contributed by atoms with Crippen LogP contribution in [-0.2, 0) is 4.74 Å². The molecule has 0 bridgehead atoms. The van der Waals surface area contributed by atoms with Gasteiger partial charge in [-0.15, -0.1) is 0 Å². The van der Waals surface area contributed by atoms with E-state index in [4.69, 9.17) is 14.9 Å². The summed E-state index contributed by atoms with van der Waals surface area (Å²) >= 11 is 0. The predicted molar refractivity (Wildman–Crippen MR) is 79.3 cm³/mol. The third-order valence-electron chi connectivity index (χ3n) is 2.79. The van der Waals surface area contributed by atoms with Crippen LogP contribution in [0.15, 0.2) is 36.4 Å². The summed E-state index contributed by atoms with van der Waals surface area (Å²) in [6.07, 6.45) is 0. The van der Waals surface area contributed by atoms with E-state index < -0.39 is 34.9 Å². The van der Waals surface area contributed by atoms with Gasteiger partial charge in [0.2, 0.25) is 0 Å². The molecule has 0 aliphatic heterocycles. The van der Waals surface area contributed by atoms with E-state index in [0.29, 0.717) is 0 Å². The van der Waals surface area contributed by atoms with Gasteiger partial charge < -0.3 is 19.7 Å². The number of carboxylic acids is 1. The van der Waals surface area contributed by atoms with Crippen LogP contribution in [-0.4, -0.2) is 36.4 Å². The second-order valence-electron chi connectivity index (χ2n) is 4.25. The standard InChI is InChI=1S/C9H9FO3.C7H5FO3/c1-12-7-5-3-4-6(10)8(7)9(11)13-2;8-4-2-1-3-5(9)6(4)7(10)11/h3-5H,1-2H3;1-3,9H,(H,10,11). The van der Waals surface area contributed by atoms with Gasteiger partial charge >= 0.3 is 11.9 Å². The molecule has 0 heterocycles. The molecule has 0 radical (unpaired) electrons. The second kappa shape index (κ2) is 8.47. The molecule has 0 aliphatic carbocycles. The van der Waals surface area contributed by atoms with E-state index in [1.165, 1.54) is 38.5 Å². The van der Waals surface area contributed by atoms with Crippen LogP contribution in [0.2, 0.25) is 0 Å². The summed E-state index contributed by atoms with van der Waals surface area (Å²) in [6.45, 7) is 0. The Hall–Kier alpha value is -3.16. The lowest BCUT2D eigenvalue weighted by Crippen LogP contribution is -2.06. The monoisotopic (exact) mass is 340 g/mol. The normalized spacial score (nSPS) is 9.50. The Morgan fingerprint density at radius 1 is 0.958 bits per heavy atom. The third-order valence-corrected chi connectivity index (χ3v) is 2.79. The number of carboxylic acid groups (broad SMARTS) is 1. The van der Waals surface area contributed by atoms with Crippen LogP contribution in [0.5, 0.6) is 11.5 Å². The molecule has 0 aliphatic rings. The van der Waals surface area contributed by atoms with Crippen LogP contribution >= 0.6 is 0 Å². The molecule has 2 N–H and O–H groups in total. The van der Waals surface area contributed by atoms with Gasteiger partial charge in [-0.05, 0) is 24.3 Å². The molecule has 0 saturated heterocycles. The summed E-state index contributed by atoms with van der Waals surface area (Å²) in [4.78, 5) is 21.3. The van der Waals surface area contributed by atoms with Crippen molar-refractivity contribution in [2.75, 3.05) is 14.2 Å². The highest BCUT2D eigenvalue weighted by atomic mass is 19.1. The smallest absolute Gasteiger partial charge is 0.344 e. The number of phenols is 1. The van der Waals surface area contributed by atoms with Gasteiger partial charge in [-0.3, -0.25) is 0 Å². The van der Waals surface area contributed by atoms with Gasteiger partial charge in [0.1, 0.15) is 34.3 Å². The van der Waals surface area contributed by atoms with Crippen LogP contribution in [0.3, 0.4) is 0 Å². The predicted octanol–water partition coefficient (Wildman–Crippen LogP) is 2.85. The zero-order valence-corrected chi connectivity index (χ0v) is 12.7. The maximum Gasteiger partial charge on any atom is 0.344 e. The number of aromatic carboxylic acids is 1. The molecule has 0 saturated carbocycles. The fourth-order valence-corrected chi connectivity index (χ4v) is 1.70. The van der Waals surface area contributed by atoms with Gasteiger partial charge in [0, 0.05) is 0 Å². The molecule has 8 heteroatoms. The first-order valence-corrected chi connectivity index (χ1v) is 6.45. The van der Waals surface area contributed by atoms with Crippen molar-refractivity contribution in [3.63, 3.8) is 0 Å². The Bertz CT molecular complexity index is 725. The second-order valence-corrected chi connectivity index (χ2v) is 4.25. The first-order valence-electron chi connectivity index (χ1n) is 6.45. The first kappa shape index (κ1) is 18.9. The lowest BCUT2D eigenvalue weighted by atomic mass is 10.2. The first-order chi connectivity index (χ1) is 11.3. The van der Waals surface area contributed by atoms with E-state index in [-0.39, 0.29) is 11.3 Å². The molecule has 0 fully saturated rings.